The summed E-state index contributed by atoms with van der Waals surface area (Å²) >= 11 is 0. The number of hydrogen-bond donors (Lipinski definition) is 0. The molecule has 4 heteroatoms. The maximum atomic E-state index is 2.41. The predicted octanol–water partition coefficient (Wildman–Crippen LogP) is 25.2. The molecule has 0 aliphatic heterocycles. The third-order valence-corrected chi connectivity index (χ3v) is 17.3. The molecule has 0 N–H and O–H groups in total. The Labute approximate surface area is 538 Å². The highest BCUT2D eigenvalue weighted by molar-refractivity contribution is 6.06. The van der Waals surface area contributed by atoms with Crippen molar-refractivity contribution in [1.82, 2.24) is 0 Å². The highest BCUT2D eigenvalue weighted by Gasteiger charge is 2.21. The summed E-state index contributed by atoms with van der Waals surface area (Å²) in [4.78, 5) is 9.38. The Hall–Kier alpha value is -12.2. The van der Waals surface area contributed by atoms with E-state index >= 15 is 0 Å². The van der Waals surface area contributed by atoms with Crippen molar-refractivity contribution in [2.24, 2.45) is 0 Å². The first-order valence-electron chi connectivity index (χ1n) is 31.4. The first kappa shape index (κ1) is 56.3. The lowest BCUT2D eigenvalue weighted by molar-refractivity contribution is 1.28. The first-order valence-corrected chi connectivity index (χ1v) is 31.4. The van der Waals surface area contributed by atoms with E-state index in [0.29, 0.717) is 0 Å². The molecule has 0 bridgehead atoms. The van der Waals surface area contributed by atoms with E-state index in [9.17, 15) is 0 Å². The van der Waals surface area contributed by atoms with Gasteiger partial charge in [0.2, 0.25) is 0 Å². The molecule has 4 nitrogen and oxygen atoms in total. The summed E-state index contributed by atoms with van der Waals surface area (Å²) in [5.41, 5.74) is 18.4. The van der Waals surface area contributed by atoms with Gasteiger partial charge in [-0.15, -0.1) is 0 Å². The number of nitrogens with zero attached hydrogens (tertiary/aromatic N) is 4. The molecule has 0 unspecified atom stereocenters. The lowest BCUT2D eigenvalue weighted by Crippen LogP contribution is -2.11. The fraction of sp³-hybridized carbons (Fsp3) is 0. The van der Waals surface area contributed by atoms with Gasteiger partial charge in [0, 0.05) is 67.0 Å². The molecule has 0 spiro atoms. The second-order valence-electron chi connectivity index (χ2n) is 22.9. The third kappa shape index (κ3) is 11.5. The fourth-order valence-electron chi connectivity index (χ4n) is 12.8. The SMILES string of the molecule is c1ccc(N(c2ccccc2)c2ccc(-c3ccc(N(c4ccccc4)c4ccccc4)cc3)cc2)cc1.c1ccc2c(N(c3ccc(-c4ccc(N(c5cccc6ccccc56)c5cccc6ccccc56)cc4)cc3)c3cccc4ccccc34)cccc2c1. The van der Waals surface area contributed by atoms with E-state index in [1.54, 1.807) is 0 Å². The Bertz CT molecular complexity index is 4550. The van der Waals surface area contributed by atoms with Gasteiger partial charge in [-0.25, -0.2) is 0 Å². The number of hydrogen-bond acceptors (Lipinski definition) is 4. The summed E-state index contributed by atoms with van der Waals surface area (Å²) in [6.07, 6.45) is 0. The minimum Gasteiger partial charge on any atom is -0.311 e. The summed E-state index contributed by atoms with van der Waals surface area (Å²) in [6, 6.07) is 139. The minimum atomic E-state index is 1.11. The highest BCUT2D eigenvalue weighted by Crippen LogP contribution is 2.46. The van der Waals surface area contributed by atoms with Crippen LogP contribution in [0.5, 0.6) is 0 Å². The third-order valence-electron chi connectivity index (χ3n) is 17.3. The highest BCUT2D eigenvalue weighted by atomic mass is 15.2. The van der Waals surface area contributed by atoms with Crippen molar-refractivity contribution in [2.75, 3.05) is 19.6 Å². The topological polar surface area (TPSA) is 13.0 Å². The number of benzene rings is 16. The van der Waals surface area contributed by atoms with Crippen LogP contribution in [0, 0.1) is 0 Å². The molecular weight excluding hydrogens is 1110 g/mol. The van der Waals surface area contributed by atoms with Crippen molar-refractivity contribution in [2.45, 2.75) is 0 Å². The monoisotopic (exact) mass is 1180 g/mol. The van der Waals surface area contributed by atoms with Crippen LogP contribution in [0.25, 0.3) is 65.3 Å². The number of rotatable bonds is 14. The van der Waals surface area contributed by atoms with E-state index in [1.165, 1.54) is 65.3 Å². The zero-order valence-corrected chi connectivity index (χ0v) is 50.7. The second-order valence-corrected chi connectivity index (χ2v) is 22.9. The second kappa shape index (κ2) is 25.8. The Balaban J connectivity index is 0.000000163. The maximum Gasteiger partial charge on any atom is 0.0540 e. The zero-order valence-electron chi connectivity index (χ0n) is 50.7. The summed E-state index contributed by atoms with van der Waals surface area (Å²) in [6.45, 7) is 0. The number of para-hydroxylation sites is 4. The molecule has 0 saturated heterocycles. The van der Waals surface area contributed by atoms with Crippen LogP contribution < -0.4 is 19.6 Å². The van der Waals surface area contributed by atoms with E-state index in [0.717, 1.165) is 68.2 Å². The molecule has 16 rings (SSSR count). The van der Waals surface area contributed by atoms with Gasteiger partial charge in [-0.1, -0.05) is 267 Å². The van der Waals surface area contributed by atoms with Crippen LogP contribution >= 0.6 is 0 Å². The molecule has 436 valence electrons. The number of fused-ring (bicyclic) bond motifs is 4. The molecule has 16 aromatic rings. The van der Waals surface area contributed by atoms with Gasteiger partial charge in [-0.05, 0) is 165 Å². The smallest absolute Gasteiger partial charge is 0.0540 e. The van der Waals surface area contributed by atoms with Crippen molar-refractivity contribution in [1.29, 1.82) is 0 Å². The van der Waals surface area contributed by atoms with Gasteiger partial charge in [0.1, 0.15) is 0 Å². The lowest BCUT2D eigenvalue weighted by Gasteiger charge is -2.28. The normalized spacial score (nSPS) is 11.0. The van der Waals surface area contributed by atoms with E-state index in [-0.39, 0.29) is 0 Å². The van der Waals surface area contributed by atoms with Gasteiger partial charge >= 0.3 is 0 Å². The molecule has 16 aromatic carbocycles. The molecule has 0 atom stereocenters. The van der Waals surface area contributed by atoms with E-state index in [1.807, 2.05) is 0 Å². The van der Waals surface area contributed by atoms with Crippen LogP contribution in [-0.4, -0.2) is 0 Å². The molecule has 0 amide bonds. The van der Waals surface area contributed by atoms with Gasteiger partial charge in [-0.2, -0.15) is 0 Å². The Morgan fingerprint density at radius 2 is 0.293 bits per heavy atom. The molecule has 0 fully saturated rings. The summed E-state index contributed by atoms with van der Waals surface area (Å²) in [5, 5.41) is 9.75. The molecule has 92 heavy (non-hydrogen) atoms. The maximum absolute atomic E-state index is 2.41. The Morgan fingerprint density at radius 3 is 0.522 bits per heavy atom. The Morgan fingerprint density at radius 1 is 0.120 bits per heavy atom. The fourth-order valence-corrected chi connectivity index (χ4v) is 12.8. The van der Waals surface area contributed by atoms with Crippen molar-refractivity contribution in [3.63, 3.8) is 0 Å². The van der Waals surface area contributed by atoms with Crippen molar-refractivity contribution in [3.05, 3.63) is 388 Å². The summed E-state index contributed by atoms with van der Waals surface area (Å²) in [5.74, 6) is 0. The van der Waals surface area contributed by atoms with Gasteiger partial charge in [0.25, 0.3) is 0 Å². The molecule has 0 aromatic heterocycles. The minimum absolute atomic E-state index is 1.11. The first-order chi connectivity index (χ1) is 45.7. The van der Waals surface area contributed by atoms with Gasteiger partial charge < -0.3 is 19.6 Å². The Kier molecular flexibility index (Phi) is 15.8. The van der Waals surface area contributed by atoms with Crippen LogP contribution in [0.4, 0.5) is 68.2 Å². The molecule has 0 heterocycles. The van der Waals surface area contributed by atoms with Gasteiger partial charge in [-0.3, -0.25) is 0 Å². The van der Waals surface area contributed by atoms with Crippen molar-refractivity contribution in [3.8, 4) is 22.3 Å². The predicted molar refractivity (Wildman–Crippen MR) is 393 cm³/mol. The zero-order chi connectivity index (χ0) is 61.4. The molecule has 0 radical (unpaired) electrons. The lowest BCUT2D eigenvalue weighted by atomic mass is 10.0. The largest absolute Gasteiger partial charge is 0.311 e. The quantitative estimate of drug-likeness (QED) is 0.108. The average Bonchev–Trinajstić information content (AvgIpc) is 0.925. The van der Waals surface area contributed by atoms with Crippen molar-refractivity contribution < 1.29 is 0 Å². The van der Waals surface area contributed by atoms with E-state index in [4.69, 9.17) is 0 Å². The van der Waals surface area contributed by atoms with Gasteiger partial charge in [0.15, 0.2) is 0 Å². The molecule has 0 aliphatic carbocycles. The molecule has 0 saturated carbocycles. The van der Waals surface area contributed by atoms with Crippen LogP contribution in [-0.2, 0) is 0 Å². The number of anilines is 12. The van der Waals surface area contributed by atoms with Crippen LogP contribution in [0.3, 0.4) is 0 Å². The average molecular weight is 1180 g/mol. The molecule has 0 aliphatic rings. The summed E-state index contributed by atoms with van der Waals surface area (Å²) in [7, 11) is 0. The van der Waals surface area contributed by atoms with Crippen LogP contribution in [0.1, 0.15) is 0 Å². The standard InChI is InChI=1S/C52H36N2.C36H28N2/c1-5-21-45-39(13-1)17-9-25-49(45)53(50-26-10-18-40-14-2-6-22-46(40)50)43-33-29-37(30-34-43)38-31-35-44(36-32-38)54(51-27-11-19-41-15-3-7-23-47(41)51)52-28-12-20-42-16-4-8-24-48(42)52;1-5-13-31(14-6-1)37(32-15-7-2-8-16-32)35-25-21-29(22-26-35)30-23-27-36(28-24-30)38(33-17-9-3-10-18-33)34-19-11-4-12-20-34/h1-36H;1-28H. The van der Waals surface area contributed by atoms with E-state index < -0.39 is 0 Å². The van der Waals surface area contributed by atoms with Crippen LogP contribution in [0.15, 0.2) is 388 Å². The van der Waals surface area contributed by atoms with Crippen LogP contribution in [0.2, 0.25) is 0 Å². The van der Waals surface area contributed by atoms with Gasteiger partial charge in [0.05, 0.1) is 22.7 Å². The van der Waals surface area contributed by atoms with Crippen molar-refractivity contribution >= 4 is 111 Å². The summed E-state index contributed by atoms with van der Waals surface area (Å²) < 4.78 is 0. The molecular formula is C88H64N4. The van der Waals surface area contributed by atoms with E-state index in [2.05, 4.69) is 408 Å².